The van der Waals surface area contributed by atoms with Crippen molar-refractivity contribution in [1.82, 2.24) is 9.88 Å². The van der Waals surface area contributed by atoms with Gasteiger partial charge in [-0.05, 0) is 22.0 Å². The Balaban J connectivity index is 3.29. The number of hydrogen-bond donors (Lipinski definition) is 0. The highest BCUT2D eigenvalue weighted by Crippen LogP contribution is 2.30. The number of nitrogens with zero attached hydrogens (tertiary/aromatic N) is 3. The third-order valence-corrected chi connectivity index (χ3v) is 2.44. The minimum absolute atomic E-state index is 0.0734. The number of nitro groups is 1. The fourth-order valence-corrected chi connectivity index (χ4v) is 1.57. The van der Waals surface area contributed by atoms with Crippen LogP contribution in [0.4, 0.5) is 5.69 Å². The molecular weight excluding hydrogens is 290 g/mol. The van der Waals surface area contributed by atoms with Gasteiger partial charge in [0.1, 0.15) is 5.69 Å². The number of rotatable bonds is 4. The number of methoxy groups -OCH3 is 1. The average molecular weight is 302 g/mol. The van der Waals surface area contributed by atoms with Gasteiger partial charge in [0.05, 0.1) is 16.5 Å². The third-order valence-electron chi connectivity index (χ3n) is 1.87. The van der Waals surface area contributed by atoms with Crippen molar-refractivity contribution >= 4 is 27.7 Å². The molecule has 1 aromatic rings. The van der Waals surface area contributed by atoms with Gasteiger partial charge in [-0.3, -0.25) is 10.1 Å². The van der Waals surface area contributed by atoms with Crippen LogP contribution in [0.25, 0.3) is 6.08 Å². The Morgan fingerprint density at radius 2 is 2.24 bits per heavy atom. The summed E-state index contributed by atoms with van der Waals surface area (Å²) in [4.78, 5) is 16.2. The summed E-state index contributed by atoms with van der Waals surface area (Å²) >= 11 is 3.16. The molecule has 0 aliphatic heterocycles. The zero-order valence-corrected chi connectivity index (χ0v) is 11.3. The van der Waals surface area contributed by atoms with Gasteiger partial charge in [-0.2, -0.15) is 0 Å². The van der Waals surface area contributed by atoms with Crippen molar-refractivity contribution < 1.29 is 9.66 Å². The first kappa shape index (κ1) is 13.4. The molecule has 92 valence electrons. The first-order valence-electron chi connectivity index (χ1n) is 4.69. The van der Waals surface area contributed by atoms with E-state index in [1.807, 2.05) is 14.1 Å². The number of aromatic nitrogens is 1. The number of pyridine rings is 1. The quantitative estimate of drug-likeness (QED) is 0.630. The molecule has 17 heavy (non-hydrogen) atoms. The van der Waals surface area contributed by atoms with Gasteiger partial charge >= 0.3 is 0 Å². The predicted molar refractivity (Wildman–Crippen MR) is 67.9 cm³/mol. The highest BCUT2D eigenvalue weighted by molar-refractivity contribution is 9.10. The van der Waals surface area contributed by atoms with Crippen LogP contribution in [0.2, 0.25) is 0 Å². The van der Waals surface area contributed by atoms with Crippen LogP contribution in [0.5, 0.6) is 5.88 Å². The fraction of sp³-hybridized carbons (Fsp3) is 0.300. The minimum Gasteiger partial charge on any atom is -0.480 e. The van der Waals surface area contributed by atoms with Gasteiger partial charge in [0.15, 0.2) is 0 Å². The lowest BCUT2D eigenvalue weighted by Gasteiger charge is -2.06. The smallest absolute Gasteiger partial charge is 0.296 e. The van der Waals surface area contributed by atoms with Gasteiger partial charge in [0, 0.05) is 26.4 Å². The normalized spacial score (nSPS) is 10.6. The van der Waals surface area contributed by atoms with E-state index in [2.05, 4.69) is 20.9 Å². The Labute approximate surface area is 107 Å². The molecule has 0 fully saturated rings. The number of hydrogen-bond acceptors (Lipinski definition) is 5. The molecule has 0 aliphatic carbocycles. The van der Waals surface area contributed by atoms with E-state index < -0.39 is 4.92 Å². The minimum atomic E-state index is -0.480. The molecule has 0 radical (unpaired) electrons. The number of ether oxygens (including phenoxy) is 1. The second-order valence-corrected chi connectivity index (χ2v) is 4.27. The van der Waals surface area contributed by atoms with Crippen LogP contribution in [-0.4, -0.2) is 36.0 Å². The highest BCUT2D eigenvalue weighted by atomic mass is 79.9. The molecule has 0 aromatic carbocycles. The molecule has 0 saturated carbocycles. The summed E-state index contributed by atoms with van der Waals surface area (Å²) in [5.41, 5.74) is 0.180. The van der Waals surface area contributed by atoms with E-state index in [-0.39, 0.29) is 11.4 Å². The Kier molecular flexibility index (Phi) is 4.45. The summed E-state index contributed by atoms with van der Waals surface area (Å²) in [6.07, 6.45) is 3.25. The van der Waals surface area contributed by atoms with Crippen LogP contribution in [0.15, 0.2) is 16.7 Å². The summed E-state index contributed by atoms with van der Waals surface area (Å²) in [6.45, 7) is 0. The van der Waals surface area contributed by atoms with E-state index in [4.69, 9.17) is 4.74 Å². The van der Waals surface area contributed by atoms with Crippen LogP contribution in [-0.2, 0) is 0 Å². The van der Waals surface area contributed by atoms with Crippen molar-refractivity contribution in [2.24, 2.45) is 0 Å². The van der Waals surface area contributed by atoms with Crippen LogP contribution in [0, 0.1) is 10.1 Å². The van der Waals surface area contributed by atoms with Crippen molar-refractivity contribution in [3.8, 4) is 5.88 Å². The molecule has 0 atom stereocenters. The maximum absolute atomic E-state index is 10.9. The SMILES string of the molecule is COc1nc(/C=C/N(C)C)c([N+](=O)[O-])cc1Br. The molecular formula is C10H12BrN3O3. The summed E-state index contributed by atoms with van der Waals surface area (Å²) in [5, 5.41) is 10.9. The molecule has 0 amide bonds. The van der Waals surface area contributed by atoms with E-state index in [1.165, 1.54) is 13.2 Å². The molecule has 6 nitrogen and oxygen atoms in total. The van der Waals surface area contributed by atoms with E-state index in [0.29, 0.717) is 10.4 Å². The molecule has 0 saturated heterocycles. The van der Waals surface area contributed by atoms with Crippen LogP contribution < -0.4 is 4.74 Å². The molecule has 1 heterocycles. The molecule has 0 bridgehead atoms. The second kappa shape index (κ2) is 5.62. The predicted octanol–water partition coefficient (Wildman–Crippen LogP) is 2.29. The Bertz CT molecular complexity index is 460. The Morgan fingerprint density at radius 3 is 2.71 bits per heavy atom. The van der Waals surface area contributed by atoms with E-state index in [0.717, 1.165) is 0 Å². The van der Waals surface area contributed by atoms with Gasteiger partial charge < -0.3 is 9.64 Å². The molecule has 1 aromatic heterocycles. The summed E-state index contributed by atoms with van der Waals surface area (Å²) in [6, 6.07) is 1.38. The van der Waals surface area contributed by atoms with Gasteiger partial charge in [-0.25, -0.2) is 4.98 Å². The van der Waals surface area contributed by atoms with Gasteiger partial charge in [-0.15, -0.1) is 0 Å². The second-order valence-electron chi connectivity index (χ2n) is 3.42. The van der Waals surface area contributed by atoms with Crippen LogP contribution >= 0.6 is 15.9 Å². The fourth-order valence-electron chi connectivity index (χ4n) is 1.11. The monoisotopic (exact) mass is 301 g/mol. The first-order valence-corrected chi connectivity index (χ1v) is 5.48. The van der Waals surface area contributed by atoms with Gasteiger partial charge in [-0.1, -0.05) is 0 Å². The van der Waals surface area contributed by atoms with Crippen molar-refractivity contribution in [3.05, 3.63) is 32.5 Å². The summed E-state index contributed by atoms with van der Waals surface area (Å²) in [5.74, 6) is 0.314. The lowest BCUT2D eigenvalue weighted by atomic mass is 10.3. The molecule has 0 unspecified atom stereocenters. The molecule has 1 rings (SSSR count). The maximum atomic E-state index is 10.9. The molecule has 0 aliphatic rings. The lowest BCUT2D eigenvalue weighted by molar-refractivity contribution is -0.385. The Morgan fingerprint density at radius 1 is 1.59 bits per heavy atom. The maximum Gasteiger partial charge on any atom is 0.296 e. The topological polar surface area (TPSA) is 68.5 Å². The zero-order valence-electron chi connectivity index (χ0n) is 9.68. The van der Waals surface area contributed by atoms with Gasteiger partial charge in [0.2, 0.25) is 5.88 Å². The lowest BCUT2D eigenvalue weighted by Crippen LogP contribution is -2.02. The molecule has 0 N–H and O–H groups in total. The third kappa shape index (κ3) is 3.42. The van der Waals surface area contributed by atoms with Gasteiger partial charge in [0.25, 0.3) is 5.69 Å². The molecule has 7 heteroatoms. The zero-order chi connectivity index (χ0) is 13.0. The van der Waals surface area contributed by atoms with Crippen molar-refractivity contribution in [2.75, 3.05) is 21.2 Å². The van der Waals surface area contributed by atoms with E-state index in [1.54, 1.807) is 17.2 Å². The summed E-state index contributed by atoms with van der Waals surface area (Å²) in [7, 11) is 5.09. The van der Waals surface area contributed by atoms with E-state index in [9.17, 15) is 10.1 Å². The summed E-state index contributed by atoms with van der Waals surface area (Å²) < 4.78 is 5.45. The van der Waals surface area contributed by atoms with Crippen molar-refractivity contribution in [3.63, 3.8) is 0 Å². The van der Waals surface area contributed by atoms with Crippen molar-refractivity contribution in [1.29, 1.82) is 0 Å². The first-order chi connectivity index (χ1) is 7.95. The van der Waals surface area contributed by atoms with Crippen LogP contribution in [0.1, 0.15) is 5.69 Å². The Hall–Kier alpha value is -1.63. The van der Waals surface area contributed by atoms with Crippen LogP contribution in [0.3, 0.4) is 0 Å². The molecule has 0 spiro atoms. The highest BCUT2D eigenvalue weighted by Gasteiger charge is 2.17. The standard InChI is InChI=1S/C10H12BrN3O3/c1-13(2)5-4-8-9(14(15)16)6-7(11)10(12-8)17-3/h4-6H,1-3H3/b5-4+. The van der Waals surface area contributed by atoms with Crippen molar-refractivity contribution in [2.45, 2.75) is 0 Å². The average Bonchev–Trinajstić information content (AvgIpc) is 2.26. The number of halogens is 1. The van der Waals surface area contributed by atoms with E-state index >= 15 is 0 Å². The largest absolute Gasteiger partial charge is 0.480 e.